The number of ether oxygens (including phenoxy) is 3. The van der Waals surface area contributed by atoms with Crippen molar-refractivity contribution in [3.63, 3.8) is 0 Å². The molecular weight excluding hydrogens is 320 g/mol. The predicted molar refractivity (Wildman–Crippen MR) is 92.1 cm³/mol. The maximum Gasteiger partial charge on any atom is 0.235 e. The number of methoxy groups -OCH3 is 1. The molecule has 6 nitrogen and oxygen atoms in total. The summed E-state index contributed by atoms with van der Waals surface area (Å²) in [5.74, 6) is 1.96. The number of carbonyl (C=O) groups excluding carboxylic acids is 1. The normalized spacial score (nSPS) is 17.3. The number of hydrogen-bond donors (Lipinski definition) is 1. The monoisotopic (exact) mass is 340 g/mol. The average Bonchev–Trinajstić information content (AvgIpc) is 3.31. The summed E-state index contributed by atoms with van der Waals surface area (Å²) >= 11 is 0. The van der Waals surface area contributed by atoms with E-state index in [2.05, 4.69) is 10.3 Å². The quantitative estimate of drug-likeness (QED) is 0.925. The van der Waals surface area contributed by atoms with E-state index in [0.717, 1.165) is 37.0 Å². The minimum Gasteiger partial charge on any atom is -0.481 e. The van der Waals surface area contributed by atoms with Gasteiger partial charge in [-0.1, -0.05) is 18.9 Å². The van der Waals surface area contributed by atoms with Crippen molar-refractivity contribution >= 4 is 11.6 Å². The van der Waals surface area contributed by atoms with Crippen molar-refractivity contribution < 1.29 is 19.0 Å². The third kappa shape index (κ3) is 2.77. The SMILES string of the molecule is COc1ccc(NC(=O)C2(c3ccc4c(c3)OCO4)CCCC2)cn1. The van der Waals surface area contributed by atoms with Gasteiger partial charge in [-0.25, -0.2) is 4.98 Å². The van der Waals surface area contributed by atoms with Crippen molar-refractivity contribution in [1.29, 1.82) is 0 Å². The van der Waals surface area contributed by atoms with Crippen LogP contribution in [0, 0.1) is 0 Å². The van der Waals surface area contributed by atoms with Gasteiger partial charge >= 0.3 is 0 Å². The lowest BCUT2D eigenvalue weighted by Gasteiger charge is -2.28. The van der Waals surface area contributed by atoms with E-state index in [1.807, 2.05) is 18.2 Å². The second kappa shape index (κ2) is 6.27. The zero-order chi connectivity index (χ0) is 17.3. The number of pyridine rings is 1. The van der Waals surface area contributed by atoms with Crippen molar-refractivity contribution in [2.24, 2.45) is 0 Å². The zero-order valence-corrected chi connectivity index (χ0v) is 14.1. The first kappa shape index (κ1) is 15.7. The third-order valence-corrected chi connectivity index (χ3v) is 5.02. The number of rotatable bonds is 4. The van der Waals surface area contributed by atoms with Crippen LogP contribution < -0.4 is 19.5 Å². The molecule has 4 rings (SSSR count). The van der Waals surface area contributed by atoms with Gasteiger partial charge in [-0.2, -0.15) is 0 Å². The van der Waals surface area contributed by atoms with E-state index in [1.165, 1.54) is 0 Å². The maximum atomic E-state index is 13.1. The molecule has 1 aromatic heterocycles. The van der Waals surface area contributed by atoms with Crippen LogP contribution in [0.15, 0.2) is 36.5 Å². The minimum absolute atomic E-state index is 0.00386. The Labute approximate surface area is 146 Å². The van der Waals surface area contributed by atoms with Gasteiger partial charge in [0.25, 0.3) is 0 Å². The molecule has 0 atom stereocenters. The van der Waals surface area contributed by atoms with E-state index in [9.17, 15) is 4.79 Å². The largest absolute Gasteiger partial charge is 0.481 e. The topological polar surface area (TPSA) is 69.7 Å². The summed E-state index contributed by atoms with van der Waals surface area (Å²) in [7, 11) is 1.56. The van der Waals surface area contributed by atoms with E-state index in [-0.39, 0.29) is 12.7 Å². The third-order valence-electron chi connectivity index (χ3n) is 5.02. The molecule has 0 radical (unpaired) electrons. The van der Waals surface area contributed by atoms with Gasteiger partial charge in [0.1, 0.15) is 0 Å². The predicted octanol–water partition coefficient (Wildman–Crippen LogP) is 3.27. The Hall–Kier alpha value is -2.76. The highest BCUT2D eigenvalue weighted by atomic mass is 16.7. The minimum atomic E-state index is -0.541. The first-order valence-electron chi connectivity index (χ1n) is 8.43. The molecule has 1 fully saturated rings. The number of aromatic nitrogens is 1. The van der Waals surface area contributed by atoms with Gasteiger partial charge in [0.05, 0.1) is 24.4 Å². The summed E-state index contributed by atoms with van der Waals surface area (Å²) in [6, 6.07) is 9.34. The first-order valence-corrected chi connectivity index (χ1v) is 8.43. The Morgan fingerprint density at radius 2 is 1.96 bits per heavy atom. The lowest BCUT2D eigenvalue weighted by Crippen LogP contribution is -2.38. The molecule has 6 heteroatoms. The van der Waals surface area contributed by atoms with Crippen LogP contribution in [0.2, 0.25) is 0 Å². The molecule has 1 aliphatic carbocycles. The Kier molecular flexibility index (Phi) is 3.95. The van der Waals surface area contributed by atoms with Crippen LogP contribution in [0.1, 0.15) is 31.2 Å². The maximum absolute atomic E-state index is 13.1. The zero-order valence-electron chi connectivity index (χ0n) is 14.1. The van der Waals surface area contributed by atoms with E-state index >= 15 is 0 Å². The number of benzene rings is 1. The number of carbonyl (C=O) groups is 1. The molecule has 1 aliphatic heterocycles. The standard InChI is InChI=1S/C19H20N2O4/c1-23-17-7-5-14(11-20-17)21-18(22)19(8-2-3-9-19)13-4-6-15-16(10-13)25-12-24-15/h4-7,10-11H,2-3,8-9,12H2,1H3,(H,21,22). The second-order valence-electron chi connectivity index (χ2n) is 6.40. The molecule has 2 heterocycles. The number of nitrogens with one attached hydrogen (secondary N) is 1. The molecule has 1 N–H and O–H groups in total. The average molecular weight is 340 g/mol. The number of fused-ring (bicyclic) bond motifs is 1. The van der Waals surface area contributed by atoms with Crippen LogP contribution in [-0.2, 0) is 10.2 Å². The van der Waals surface area contributed by atoms with E-state index in [0.29, 0.717) is 17.3 Å². The second-order valence-corrected chi connectivity index (χ2v) is 6.40. The highest BCUT2D eigenvalue weighted by Crippen LogP contribution is 2.45. The Morgan fingerprint density at radius 1 is 1.16 bits per heavy atom. The molecule has 1 aromatic carbocycles. The van der Waals surface area contributed by atoms with Crippen LogP contribution >= 0.6 is 0 Å². The summed E-state index contributed by atoms with van der Waals surface area (Å²) in [5, 5.41) is 3.01. The van der Waals surface area contributed by atoms with E-state index < -0.39 is 5.41 Å². The number of hydrogen-bond acceptors (Lipinski definition) is 5. The molecule has 130 valence electrons. The summed E-state index contributed by atoms with van der Waals surface area (Å²) in [5.41, 5.74) is 1.10. The lowest BCUT2D eigenvalue weighted by molar-refractivity contribution is -0.121. The molecule has 0 unspecified atom stereocenters. The fraction of sp³-hybridized carbons (Fsp3) is 0.368. The highest BCUT2D eigenvalue weighted by Gasteiger charge is 2.43. The molecule has 1 saturated carbocycles. The molecule has 2 aliphatic rings. The fourth-order valence-corrected chi connectivity index (χ4v) is 3.65. The Bertz CT molecular complexity index is 783. The van der Waals surface area contributed by atoms with Crippen molar-refractivity contribution in [2.75, 3.05) is 19.2 Å². The van der Waals surface area contributed by atoms with Gasteiger partial charge in [-0.15, -0.1) is 0 Å². The molecule has 1 amide bonds. The molecular formula is C19H20N2O4. The first-order chi connectivity index (χ1) is 12.2. The van der Waals surface area contributed by atoms with Gasteiger partial charge in [0.2, 0.25) is 18.6 Å². The number of anilines is 1. The molecule has 0 bridgehead atoms. The van der Waals surface area contributed by atoms with Gasteiger partial charge in [-0.3, -0.25) is 4.79 Å². The lowest BCUT2D eigenvalue weighted by atomic mass is 9.77. The number of nitrogens with zero attached hydrogens (tertiary/aromatic N) is 1. The van der Waals surface area contributed by atoms with Crippen LogP contribution in [0.5, 0.6) is 17.4 Å². The molecule has 2 aromatic rings. The van der Waals surface area contributed by atoms with Crippen LogP contribution in [0.3, 0.4) is 0 Å². The Balaban J connectivity index is 1.62. The fourth-order valence-electron chi connectivity index (χ4n) is 3.65. The molecule has 25 heavy (non-hydrogen) atoms. The smallest absolute Gasteiger partial charge is 0.235 e. The molecule has 0 spiro atoms. The van der Waals surface area contributed by atoms with Crippen LogP contribution in [0.25, 0.3) is 0 Å². The van der Waals surface area contributed by atoms with Crippen molar-refractivity contribution in [3.8, 4) is 17.4 Å². The van der Waals surface area contributed by atoms with Gasteiger partial charge in [0, 0.05) is 6.07 Å². The summed E-state index contributed by atoms with van der Waals surface area (Å²) < 4.78 is 15.9. The van der Waals surface area contributed by atoms with E-state index in [4.69, 9.17) is 14.2 Å². The summed E-state index contributed by atoms with van der Waals surface area (Å²) in [6.45, 7) is 0.232. The van der Waals surface area contributed by atoms with Crippen molar-refractivity contribution in [1.82, 2.24) is 4.98 Å². The Morgan fingerprint density at radius 3 is 2.68 bits per heavy atom. The van der Waals surface area contributed by atoms with Crippen molar-refractivity contribution in [3.05, 3.63) is 42.1 Å². The summed E-state index contributed by atoms with van der Waals surface area (Å²) in [6.07, 6.45) is 5.31. The van der Waals surface area contributed by atoms with Gasteiger partial charge in [-0.05, 0) is 36.6 Å². The van der Waals surface area contributed by atoms with Gasteiger partial charge in [0.15, 0.2) is 11.5 Å². The number of amides is 1. The van der Waals surface area contributed by atoms with Gasteiger partial charge < -0.3 is 19.5 Å². The van der Waals surface area contributed by atoms with Crippen LogP contribution in [0.4, 0.5) is 5.69 Å². The summed E-state index contributed by atoms with van der Waals surface area (Å²) in [4.78, 5) is 17.3. The van der Waals surface area contributed by atoms with Crippen LogP contribution in [-0.4, -0.2) is 24.8 Å². The molecule has 0 saturated heterocycles. The van der Waals surface area contributed by atoms with Crippen molar-refractivity contribution in [2.45, 2.75) is 31.1 Å². The highest BCUT2D eigenvalue weighted by molar-refractivity contribution is 5.99. The van der Waals surface area contributed by atoms with E-state index in [1.54, 1.807) is 25.4 Å².